The van der Waals surface area contributed by atoms with Gasteiger partial charge in [-0.3, -0.25) is 9.59 Å². The lowest BCUT2D eigenvalue weighted by atomic mass is 9.94. The molecule has 0 saturated carbocycles. The molecule has 1 amide bonds. The summed E-state index contributed by atoms with van der Waals surface area (Å²) in [5, 5.41) is 20.8. The summed E-state index contributed by atoms with van der Waals surface area (Å²) < 4.78 is 18.6. The zero-order chi connectivity index (χ0) is 22.8. The van der Waals surface area contributed by atoms with Crippen LogP contribution in [0, 0.1) is 5.82 Å². The molecule has 1 unspecified atom stereocenters. The average Bonchev–Trinajstić information content (AvgIpc) is 3.05. The van der Waals surface area contributed by atoms with Crippen molar-refractivity contribution < 1.29 is 28.9 Å². The molecule has 7 heteroatoms. The number of benzene rings is 3. The first-order valence-electron chi connectivity index (χ1n) is 9.86. The van der Waals surface area contributed by atoms with Crippen LogP contribution in [-0.4, -0.2) is 33.9 Å². The van der Waals surface area contributed by atoms with Crippen molar-refractivity contribution >= 4 is 17.4 Å². The Hall–Kier alpha value is -4.13. The normalized spacial score (nSPS) is 17.6. The molecule has 2 N–H and O–H groups in total. The molecule has 162 valence electrons. The summed E-state index contributed by atoms with van der Waals surface area (Å²) in [5.41, 5.74) is 1.33. The van der Waals surface area contributed by atoms with E-state index in [9.17, 15) is 24.2 Å². The Morgan fingerprint density at radius 3 is 2.31 bits per heavy atom. The summed E-state index contributed by atoms with van der Waals surface area (Å²) in [5.74, 6) is -2.03. The minimum Gasteiger partial charge on any atom is -0.508 e. The van der Waals surface area contributed by atoms with Crippen molar-refractivity contribution in [2.75, 3.05) is 7.11 Å². The molecule has 6 nitrogen and oxygen atoms in total. The predicted molar refractivity (Wildman–Crippen MR) is 115 cm³/mol. The van der Waals surface area contributed by atoms with Crippen LogP contribution in [-0.2, 0) is 16.1 Å². The number of aliphatic hydroxyl groups excluding tert-OH is 1. The highest BCUT2D eigenvalue weighted by molar-refractivity contribution is 6.46. The first-order valence-corrected chi connectivity index (χ1v) is 9.86. The van der Waals surface area contributed by atoms with Crippen LogP contribution in [0.1, 0.15) is 22.7 Å². The van der Waals surface area contributed by atoms with Gasteiger partial charge in [-0.1, -0.05) is 36.4 Å². The molecule has 0 bridgehead atoms. The third-order valence-electron chi connectivity index (χ3n) is 5.38. The summed E-state index contributed by atoms with van der Waals surface area (Å²) in [6.45, 7) is 0.0269. The van der Waals surface area contributed by atoms with E-state index in [0.29, 0.717) is 16.9 Å². The fourth-order valence-electron chi connectivity index (χ4n) is 3.82. The Labute approximate surface area is 183 Å². The van der Waals surface area contributed by atoms with E-state index < -0.39 is 23.5 Å². The van der Waals surface area contributed by atoms with Crippen molar-refractivity contribution in [3.63, 3.8) is 0 Å². The maximum Gasteiger partial charge on any atom is 0.295 e. The van der Waals surface area contributed by atoms with Crippen LogP contribution >= 0.6 is 0 Å². The molecule has 4 rings (SSSR count). The van der Waals surface area contributed by atoms with Gasteiger partial charge >= 0.3 is 0 Å². The highest BCUT2D eigenvalue weighted by Gasteiger charge is 2.46. The molecule has 1 saturated heterocycles. The van der Waals surface area contributed by atoms with E-state index in [4.69, 9.17) is 4.74 Å². The smallest absolute Gasteiger partial charge is 0.295 e. The molecule has 0 aliphatic carbocycles. The number of carbonyl (C=O) groups excluding carboxylic acids is 2. The number of aromatic hydroxyl groups is 1. The van der Waals surface area contributed by atoms with E-state index >= 15 is 0 Å². The standard InChI is InChI=1S/C25H20FNO5/c1-32-20-5-3-2-4-19(20)23(29)21-22(16-8-12-18(28)13-9-16)27(25(31)24(21)30)14-15-6-10-17(26)11-7-15/h2-13,22,28-29H,14H2,1H3/b23-21-. The Morgan fingerprint density at radius 2 is 1.66 bits per heavy atom. The van der Waals surface area contributed by atoms with Crippen molar-refractivity contribution in [3.8, 4) is 11.5 Å². The fourth-order valence-corrected chi connectivity index (χ4v) is 3.82. The topological polar surface area (TPSA) is 87.1 Å². The Morgan fingerprint density at radius 1 is 1.00 bits per heavy atom. The zero-order valence-electron chi connectivity index (χ0n) is 17.2. The van der Waals surface area contributed by atoms with Gasteiger partial charge in [-0.2, -0.15) is 0 Å². The number of carbonyl (C=O) groups is 2. The van der Waals surface area contributed by atoms with Crippen LogP contribution in [0.2, 0.25) is 0 Å². The lowest BCUT2D eigenvalue weighted by Gasteiger charge is -2.25. The number of phenols is 1. The summed E-state index contributed by atoms with van der Waals surface area (Å²) in [4.78, 5) is 27.4. The summed E-state index contributed by atoms with van der Waals surface area (Å²) in [7, 11) is 1.44. The van der Waals surface area contributed by atoms with E-state index in [2.05, 4.69) is 0 Å². The molecular formula is C25H20FNO5. The molecule has 32 heavy (non-hydrogen) atoms. The third-order valence-corrected chi connectivity index (χ3v) is 5.38. The Bertz CT molecular complexity index is 1200. The first-order chi connectivity index (χ1) is 15.4. The number of likely N-dealkylation sites (tertiary alicyclic amines) is 1. The summed E-state index contributed by atoms with van der Waals surface area (Å²) >= 11 is 0. The molecule has 1 aliphatic heterocycles. The number of ketones is 1. The third kappa shape index (κ3) is 3.80. The van der Waals surface area contributed by atoms with Gasteiger partial charge in [0, 0.05) is 6.54 Å². The maximum absolute atomic E-state index is 13.3. The van der Waals surface area contributed by atoms with E-state index in [1.807, 2.05) is 0 Å². The van der Waals surface area contributed by atoms with Crippen LogP contribution < -0.4 is 4.74 Å². The second-order valence-electron chi connectivity index (χ2n) is 7.35. The van der Waals surface area contributed by atoms with Crippen LogP contribution in [0.5, 0.6) is 11.5 Å². The molecule has 1 aliphatic rings. The van der Waals surface area contributed by atoms with E-state index in [1.165, 1.54) is 48.4 Å². The molecule has 3 aromatic carbocycles. The lowest BCUT2D eigenvalue weighted by Crippen LogP contribution is -2.29. The number of amides is 1. The van der Waals surface area contributed by atoms with Gasteiger partial charge in [-0.05, 0) is 47.5 Å². The number of methoxy groups -OCH3 is 1. The minimum atomic E-state index is -0.912. The van der Waals surface area contributed by atoms with Gasteiger partial charge in [0.15, 0.2) is 0 Å². The molecule has 1 fully saturated rings. The number of para-hydroxylation sites is 1. The maximum atomic E-state index is 13.3. The van der Waals surface area contributed by atoms with Gasteiger partial charge in [0.25, 0.3) is 11.7 Å². The zero-order valence-corrected chi connectivity index (χ0v) is 17.2. The van der Waals surface area contributed by atoms with Gasteiger partial charge in [0.1, 0.15) is 23.1 Å². The summed E-state index contributed by atoms with van der Waals surface area (Å²) in [6, 6.07) is 17.4. The van der Waals surface area contributed by atoms with E-state index in [1.54, 1.807) is 36.4 Å². The highest BCUT2D eigenvalue weighted by atomic mass is 19.1. The number of rotatable bonds is 5. The van der Waals surface area contributed by atoms with Crippen molar-refractivity contribution in [2.45, 2.75) is 12.6 Å². The fraction of sp³-hybridized carbons (Fsp3) is 0.120. The molecule has 0 radical (unpaired) electrons. The van der Waals surface area contributed by atoms with Gasteiger partial charge in [0.2, 0.25) is 0 Å². The number of ether oxygens (including phenoxy) is 1. The second kappa shape index (κ2) is 8.55. The number of hydrogen-bond donors (Lipinski definition) is 2. The quantitative estimate of drug-likeness (QED) is 0.358. The largest absolute Gasteiger partial charge is 0.508 e. The van der Waals surface area contributed by atoms with Gasteiger partial charge in [0.05, 0.1) is 24.3 Å². The van der Waals surface area contributed by atoms with Crippen LogP contribution in [0.4, 0.5) is 4.39 Å². The van der Waals surface area contributed by atoms with Crippen molar-refractivity contribution in [1.29, 1.82) is 0 Å². The molecule has 0 aromatic heterocycles. The van der Waals surface area contributed by atoms with Gasteiger partial charge < -0.3 is 19.8 Å². The average molecular weight is 433 g/mol. The monoisotopic (exact) mass is 433 g/mol. The number of aliphatic hydroxyl groups is 1. The second-order valence-corrected chi connectivity index (χ2v) is 7.35. The number of nitrogens with zero attached hydrogens (tertiary/aromatic N) is 1. The number of Topliss-reactive ketones (excluding diaryl/α,β-unsaturated/α-hetero) is 1. The lowest BCUT2D eigenvalue weighted by molar-refractivity contribution is -0.140. The minimum absolute atomic E-state index is 0.0222. The Kier molecular flexibility index (Phi) is 5.64. The summed E-state index contributed by atoms with van der Waals surface area (Å²) in [6.07, 6.45) is 0. The SMILES string of the molecule is COc1ccccc1/C(O)=C1/C(=O)C(=O)N(Cc2ccc(F)cc2)C1c1ccc(O)cc1. The first kappa shape index (κ1) is 21.1. The molecule has 1 atom stereocenters. The van der Waals surface area contributed by atoms with Crippen LogP contribution in [0.15, 0.2) is 78.4 Å². The van der Waals surface area contributed by atoms with Crippen molar-refractivity contribution in [1.82, 2.24) is 4.90 Å². The number of hydrogen-bond acceptors (Lipinski definition) is 5. The molecule has 3 aromatic rings. The van der Waals surface area contributed by atoms with Crippen molar-refractivity contribution in [2.24, 2.45) is 0 Å². The van der Waals surface area contributed by atoms with Gasteiger partial charge in [-0.25, -0.2) is 4.39 Å². The van der Waals surface area contributed by atoms with E-state index in [-0.39, 0.29) is 29.2 Å². The number of halogens is 1. The highest BCUT2D eigenvalue weighted by Crippen LogP contribution is 2.41. The molecule has 0 spiro atoms. The van der Waals surface area contributed by atoms with Gasteiger partial charge in [-0.15, -0.1) is 0 Å². The van der Waals surface area contributed by atoms with Crippen LogP contribution in [0.25, 0.3) is 5.76 Å². The molecule has 1 heterocycles. The molecular weight excluding hydrogens is 413 g/mol. The predicted octanol–water partition coefficient (Wildman–Crippen LogP) is 4.16. The Balaban J connectivity index is 1.87. The van der Waals surface area contributed by atoms with Crippen molar-refractivity contribution in [3.05, 3.63) is 101 Å². The van der Waals surface area contributed by atoms with E-state index in [0.717, 1.165) is 0 Å². The number of phenolic OH excluding ortho intramolecular Hbond substituents is 1. The van der Waals surface area contributed by atoms with Crippen LogP contribution in [0.3, 0.4) is 0 Å².